The number of aromatic carboxylic acids is 1. The third-order valence-electron chi connectivity index (χ3n) is 3.58. The molecule has 1 heterocycles. The van der Waals surface area contributed by atoms with Gasteiger partial charge in [-0.15, -0.1) is 0 Å². The summed E-state index contributed by atoms with van der Waals surface area (Å²) < 4.78 is 5.45. The van der Waals surface area contributed by atoms with E-state index >= 15 is 0 Å². The second-order valence-electron chi connectivity index (χ2n) is 5.91. The molecule has 0 atom stereocenters. The molecule has 2 rings (SSSR count). The largest absolute Gasteiger partial charge is 0.475 e. The minimum Gasteiger partial charge on any atom is -0.475 e. The SMILES string of the molecule is Cc1cc(CN(CCC(C)C)C2CC2)oc1C(=O)O. The first-order valence-electron chi connectivity index (χ1n) is 7.04. The number of rotatable bonds is 7. The molecule has 0 bridgehead atoms. The van der Waals surface area contributed by atoms with Gasteiger partial charge in [0.05, 0.1) is 6.54 Å². The number of aryl methyl sites for hydroxylation is 1. The zero-order chi connectivity index (χ0) is 14.0. The Kier molecular flexibility index (Phi) is 4.30. The molecule has 1 aliphatic carbocycles. The van der Waals surface area contributed by atoms with Crippen molar-refractivity contribution in [1.82, 2.24) is 4.90 Å². The van der Waals surface area contributed by atoms with Crippen molar-refractivity contribution in [3.63, 3.8) is 0 Å². The highest BCUT2D eigenvalue weighted by Crippen LogP contribution is 2.29. The maximum absolute atomic E-state index is 11.0. The van der Waals surface area contributed by atoms with E-state index in [0.717, 1.165) is 18.8 Å². The molecule has 0 amide bonds. The molecule has 4 heteroatoms. The number of hydrogen-bond acceptors (Lipinski definition) is 3. The van der Waals surface area contributed by atoms with E-state index in [1.54, 1.807) is 6.92 Å². The van der Waals surface area contributed by atoms with Gasteiger partial charge in [-0.2, -0.15) is 0 Å². The van der Waals surface area contributed by atoms with Crippen LogP contribution < -0.4 is 0 Å². The van der Waals surface area contributed by atoms with Crippen molar-refractivity contribution in [2.75, 3.05) is 6.54 Å². The van der Waals surface area contributed by atoms with E-state index in [1.165, 1.54) is 19.3 Å². The second kappa shape index (κ2) is 5.78. The van der Waals surface area contributed by atoms with Crippen LogP contribution in [-0.4, -0.2) is 28.6 Å². The van der Waals surface area contributed by atoms with Crippen LogP contribution in [0.15, 0.2) is 10.5 Å². The number of hydrogen-bond donors (Lipinski definition) is 1. The number of carbonyl (C=O) groups is 1. The van der Waals surface area contributed by atoms with Gasteiger partial charge in [0.15, 0.2) is 0 Å². The first kappa shape index (κ1) is 14.1. The minimum absolute atomic E-state index is 0.0783. The zero-order valence-corrected chi connectivity index (χ0v) is 12.0. The molecule has 4 nitrogen and oxygen atoms in total. The third kappa shape index (κ3) is 3.83. The standard InChI is InChI=1S/C15H23NO3/c1-10(2)6-7-16(12-4-5-12)9-13-8-11(3)14(19-13)15(17)18/h8,10,12H,4-7,9H2,1-3H3,(H,17,18). The molecule has 1 saturated carbocycles. The summed E-state index contributed by atoms with van der Waals surface area (Å²) in [5.41, 5.74) is 0.710. The molecule has 0 aromatic carbocycles. The van der Waals surface area contributed by atoms with E-state index in [9.17, 15) is 4.79 Å². The van der Waals surface area contributed by atoms with Crippen LogP contribution in [0, 0.1) is 12.8 Å². The van der Waals surface area contributed by atoms with Crippen molar-refractivity contribution < 1.29 is 14.3 Å². The van der Waals surface area contributed by atoms with Gasteiger partial charge < -0.3 is 9.52 Å². The number of carboxylic acid groups (broad SMARTS) is 1. The molecule has 1 fully saturated rings. The van der Waals surface area contributed by atoms with Crippen LogP contribution in [0.3, 0.4) is 0 Å². The molecule has 0 aliphatic heterocycles. The Morgan fingerprint density at radius 1 is 1.53 bits per heavy atom. The fourth-order valence-electron chi connectivity index (χ4n) is 2.29. The molecular weight excluding hydrogens is 242 g/mol. The summed E-state index contributed by atoms with van der Waals surface area (Å²) in [5, 5.41) is 9.00. The van der Waals surface area contributed by atoms with Crippen LogP contribution in [0.25, 0.3) is 0 Å². The summed E-state index contributed by atoms with van der Waals surface area (Å²) in [7, 11) is 0. The van der Waals surface area contributed by atoms with Gasteiger partial charge in [0.2, 0.25) is 5.76 Å². The Hall–Kier alpha value is -1.29. The molecule has 1 aromatic heterocycles. The molecule has 106 valence electrons. The number of furan rings is 1. The first-order valence-corrected chi connectivity index (χ1v) is 7.04. The van der Waals surface area contributed by atoms with Gasteiger partial charge in [-0.3, -0.25) is 4.90 Å². The lowest BCUT2D eigenvalue weighted by Crippen LogP contribution is -2.27. The fraction of sp³-hybridized carbons (Fsp3) is 0.667. The van der Waals surface area contributed by atoms with Gasteiger partial charge in [0.1, 0.15) is 5.76 Å². The van der Waals surface area contributed by atoms with Crippen LogP contribution >= 0.6 is 0 Å². The Morgan fingerprint density at radius 3 is 2.68 bits per heavy atom. The van der Waals surface area contributed by atoms with Crippen LogP contribution in [0.2, 0.25) is 0 Å². The van der Waals surface area contributed by atoms with Gasteiger partial charge >= 0.3 is 5.97 Å². The molecule has 1 aliphatic rings. The van der Waals surface area contributed by atoms with Crippen molar-refractivity contribution in [3.8, 4) is 0 Å². The lowest BCUT2D eigenvalue weighted by molar-refractivity contribution is 0.0657. The van der Waals surface area contributed by atoms with E-state index in [2.05, 4.69) is 18.7 Å². The van der Waals surface area contributed by atoms with Crippen LogP contribution in [0.4, 0.5) is 0 Å². The highest BCUT2D eigenvalue weighted by atomic mass is 16.4. The number of nitrogens with zero attached hydrogens (tertiary/aromatic N) is 1. The lowest BCUT2D eigenvalue weighted by Gasteiger charge is -2.21. The van der Waals surface area contributed by atoms with Crippen LogP contribution in [-0.2, 0) is 6.54 Å². The molecule has 0 spiro atoms. The molecule has 1 aromatic rings. The van der Waals surface area contributed by atoms with Crippen molar-refractivity contribution in [1.29, 1.82) is 0 Å². The summed E-state index contributed by atoms with van der Waals surface area (Å²) in [4.78, 5) is 13.4. The summed E-state index contributed by atoms with van der Waals surface area (Å²) in [6.45, 7) is 8.03. The van der Waals surface area contributed by atoms with Gasteiger partial charge in [-0.05, 0) is 44.7 Å². The highest BCUT2D eigenvalue weighted by Gasteiger charge is 2.29. The van der Waals surface area contributed by atoms with E-state index in [-0.39, 0.29) is 5.76 Å². The molecule has 19 heavy (non-hydrogen) atoms. The summed E-state index contributed by atoms with van der Waals surface area (Å²) in [5.74, 6) is 0.554. The Balaban J connectivity index is 2.00. The second-order valence-corrected chi connectivity index (χ2v) is 5.91. The van der Waals surface area contributed by atoms with Gasteiger partial charge in [0, 0.05) is 11.6 Å². The predicted octanol–water partition coefficient (Wildman–Crippen LogP) is 3.30. The number of carboxylic acids is 1. The van der Waals surface area contributed by atoms with Crippen molar-refractivity contribution in [2.45, 2.75) is 52.6 Å². The van der Waals surface area contributed by atoms with Gasteiger partial charge in [-0.1, -0.05) is 13.8 Å². The molecule has 0 unspecified atom stereocenters. The predicted molar refractivity (Wildman–Crippen MR) is 73.3 cm³/mol. The van der Waals surface area contributed by atoms with Crippen LogP contribution in [0.5, 0.6) is 0 Å². The lowest BCUT2D eigenvalue weighted by atomic mass is 10.1. The normalized spacial score (nSPS) is 15.4. The summed E-state index contributed by atoms with van der Waals surface area (Å²) >= 11 is 0. The Morgan fingerprint density at radius 2 is 2.21 bits per heavy atom. The van der Waals surface area contributed by atoms with Gasteiger partial charge in [0.25, 0.3) is 0 Å². The van der Waals surface area contributed by atoms with E-state index in [0.29, 0.717) is 17.5 Å². The summed E-state index contributed by atoms with van der Waals surface area (Å²) in [6.07, 6.45) is 3.68. The maximum atomic E-state index is 11.0. The Bertz CT molecular complexity index is 446. The molecule has 0 saturated heterocycles. The molecular formula is C15H23NO3. The average molecular weight is 265 g/mol. The van der Waals surface area contributed by atoms with Crippen molar-refractivity contribution in [3.05, 3.63) is 23.2 Å². The maximum Gasteiger partial charge on any atom is 0.372 e. The van der Waals surface area contributed by atoms with Crippen molar-refractivity contribution in [2.24, 2.45) is 5.92 Å². The van der Waals surface area contributed by atoms with E-state index < -0.39 is 5.97 Å². The first-order chi connectivity index (χ1) is 8.97. The van der Waals surface area contributed by atoms with Crippen molar-refractivity contribution >= 4 is 5.97 Å². The third-order valence-corrected chi connectivity index (χ3v) is 3.58. The average Bonchev–Trinajstić information content (AvgIpc) is 3.08. The quantitative estimate of drug-likeness (QED) is 0.822. The Labute approximate surface area is 114 Å². The summed E-state index contributed by atoms with van der Waals surface area (Å²) in [6, 6.07) is 2.52. The highest BCUT2D eigenvalue weighted by molar-refractivity contribution is 5.86. The smallest absolute Gasteiger partial charge is 0.372 e. The van der Waals surface area contributed by atoms with Gasteiger partial charge in [-0.25, -0.2) is 4.79 Å². The zero-order valence-electron chi connectivity index (χ0n) is 12.0. The molecule has 0 radical (unpaired) electrons. The van der Waals surface area contributed by atoms with Crippen LogP contribution in [0.1, 0.15) is 55.0 Å². The monoisotopic (exact) mass is 265 g/mol. The topological polar surface area (TPSA) is 53.7 Å². The van der Waals surface area contributed by atoms with E-state index in [4.69, 9.17) is 9.52 Å². The fourth-order valence-corrected chi connectivity index (χ4v) is 2.29. The van der Waals surface area contributed by atoms with E-state index in [1.807, 2.05) is 6.07 Å². The molecule has 1 N–H and O–H groups in total. The minimum atomic E-state index is -0.982.